The Morgan fingerprint density at radius 1 is 1.47 bits per heavy atom. The van der Waals surface area contributed by atoms with Crippen LogP contribution in [0.1, 0.15) is 19.5 Å². The number of pyridine rings is 1. The molecule has 1 heterocycles. The zero-order valence-corrected chi connectivity index (χ0v) is 10.2. The molecule has 0 fully saturated rings. The summed E-state index contributed by atoms with van der Waals surface area (Å²) in [5, 5.41) is 3.11. The van der Waals surface area contributed by atoms with E-state index < -0.39 is 0 Å². The molecule has 0 saturated carbocycles. The van der Waals surface area contributed by atoms with Gasteiger partial charge in [0.2, 0.25) is 0 Å². The van der Waals surface area contributed by atoms with Crippen molar-refractivity contribution in [3.63, 3.8) is 0 Å². The van der Waals surface area contributed by atoms with E-state index in [0.29, 0.717) is 13.1 Å². The molecule has 0 unspecified atom stereocenters. The molecule has 0 aromatic carbocycles. The van der Waals surface area contributed by atoms with E-state index in [-0.39, 0.29) is 5.78 Å². The third-order valence-electron chi connectivity index (χ3n) is 1.98. The average molecular weight is 231 g/mol. The molecule has 4 heteroatoms. The predicted octanol–water partition coefficient (Wildman–Crippen LogP) is 1.58. The second-order valence-electron chi connectivity index (χ2n) is 3.65. The number of aromatic nitrogens is 1. The average Bonchev–Trinajstić information content (AvgIpc) is 2.29. The van der Waals surface area contributed by atoms with Crippen molar-refractivity contribution >= 4 is 12.0 Å². The summed E-state index contributed by atoms with van der Waals surface area (Å²) in [4.78, 5) is 19.1. The number of hydrogen-bond donors (Lipinski definition) is 1. The van der Waals surface area contributed by atoms with Crippen LogP contribution < -0.4 is 5.32 Å². The second kappa shape index (κ2) is 7.33. The fourth-order valence-electron chi connectivity index (χ4n) is 1.28. The summed E-state index contributed by atoms with van der Waals surface area (Å²) in [7, 11) is 0. The Kier molecular flexibility index (Phi) is 5.64. The number of aliphatic imine (C=N–C) groups is 1. The van der Waals surface area contributed by atoms with Crippen LogP contribution in [-0.2, 0) is 4.79 Å². The number of carbonyl (C=O) groups is 1. The summed E-state index contributed by atoms with van der Waals surface area (Å²) in [5.74, 6) is 0.0481. The molecule has 17 heavy (non-hydrogen) atoms. The van der Waals surface area contributed by atoms with Gasteiger partial charge < -0.3 is 5.32 Å². The van der Waals surface area contributed by atoms with Crippen LogP contribution in [0.25, 0.3) is 0 Å². The highest BCUT2D eigenvalue weighted by Crippen LogP contribution is 1.89. The molecule has 0 spiro atoms. The van der Waals surface area contributed by atoms with Gasteiger partial charge in [0.25, 0.3) is 0 Å². The van der Waals surface area contributed by atoms with Crippen LogP contribution in [0.15, 0.2) is 41.2 Å². The lowest BCUT2D eigenvalue weighted by atomic mass is 10.3. The van der Waals surface area contributed by atoms with E-state index in [9.17, 15) is 4.79 Å². The van der Waals surface area contributed by atoms with E-state index in [1.807, 2.05) is 25.1 Å². The van der Waals surface area contributed by atoms with E-state index in [1.54, 1.807) is 18.5 Å². The van der Waals surface area contributed by atoms with Gasteiger partial charge in [-0.15, -0.1) is 0 Å². The molecule has 0 aliphatic rings. The van der Waals surface area contributed by atoms with Gasteiger partial charge in [0.15, 0.2) is 5.78 Å². The van der Waals surface area contributed by atoms with E-state index in [0.717, 1.165) is 11.4 Å². The van der Waals surface area contributed by atoms with Crippen molar-refractivity contribution < 1.29 is 4.79 Å². The molecule has 90 valence electrons. The molecule has 0 aliphatic carbocycles. The van der Waals surface area contributed by atoms with Crippen molar-refractivity contribution in [1.82, 2.24) is 10.3 Å². The predicted molar refractivity (Wildman–Crippen MR) is 69.1 cm³/mol. The highest BCUT2D eigenvalue weighted by molar-refractivity contribution is 5.87. The first-order chi connectivity index (χ1) is 8.18. The lowest BCUT2D eigenvalue weighted by Gasteiger charge is -2.02. The molecular weight excluding hydrogens is 214 g/mol. The van der Waals surface area contributed by atoms with Crippen molar-refractivity contribution in [2.24, 2.45) is 4.99 Å². The number of allylic oxidation sites excluding steroid dienone is 2. The van der Waals surface area contributed by atoms with Gasteiger partial charge in [-0.2, -0.15) is 0 Å². The van der Waals surface area contributed by atoms with Crippen LogP contribution in [0.4, 0.5) is 0 Å². The SMILES string of the molecule is CC(=O)C=C(C)NCCN=Cc1ccccn1. The van der Waals surface area contributed by atoms with Crippen molar-refractivity contribution in [3.8, 4) is 0 Å². The number of rotatable bonds is 6. The molecule has 0 saturated heterocycles. The van der Waals surface area contributed by atoms with E-state index in [1.165, 1.54) is 6.92 Å². The van der Waals surface area contributed by atoms with Crippen LogP contribution in [0.3, 0.4) is 0 Å². The van der Waals surface area contributed by atoms with Crippen molar-refractivity contribution in [3.05, 3.63) is 41.9 Å². The molecule has 1 rings (SSSR count). The van der Waals surface area contributed by atoms with Gasteiger partial charge in [-0.3, -0.25) is 14.8 Å². The second-order valence-corrected chi connectivity index (χ2v) is 3.65. The number of ketones is 1. The minimum absolute atomic E-state index is 0.0481. The van der Waals surface area contributed by atoms with Crippen LogP contribution in [0, 0.1) is 0 Å². The monoisotopic (exact) mass is 231 g/mol. The number of nitrogens with one attached hydrogen (secondary N) is 1. The minimum Gasteiger partial charge on any atom is -0.387 e. The lowest BCUT2D eigenvalue weighted by Crippen LogP contribution is -2.16. The Balaban J connectivity index is 2.25. The van der Waals surface area contributed by atoms with Crippen molar-refractivity contribution in [2.75, 3.05) is 13.1 Å². The first kappa shape index (κ1) is 13.1. The highest BCUT2D eigenvalue weighted by Gasteiger charge is 1.90. The van der Waals surface area contributed by atoms with Crippen LogP contribution in [0.5, 0.6) is 0 Å². The van der Waals surface area contributed by atoms with E-state index in [2.05, 4.69) is 15.3 Å². The molecule has 0 radical (unpaired) electrons. The summed E-state index contributed by atoms with van der Waals surface area (Å²) in [6.07, 6.45) is 5.05. The Hall–Kier alpha value is -1.97. The maximum absolute atomic E-state index is 10.8. The summed E-state index contributed by atoms with van der Waals surface area (Å²) in [6.45, 7) is 4.76. The van der Waals surface area contributed by atoms with Gasteiger partial charge in [0.05, 0.1) is 12.2 Å². The molecule has 0 atom stereocenters. The minimum atomic E-state index is 0.0481. The van der Waals surface area contributed by atoms with E-state index in [4.69, 9.17) is 0 Å². The van der Waals surface area contributed by atoms with Gasteiger partial charge in [0.1, 0.15) is 0 Å². The first-order valence-electron chi connectivity index (χ1n) is 5.52. The molecule has 4 nitrogen and oxygen atoms in total. The smallest absolute Gasteiger partial charge is 0.154 e. The Morgan fingerprint density at radius 2 is 2.29 bits per heavy atom. The number of hydrogen-bond acceptors (Lipinski definition) is 4. The summed E-state index contributed by atoms with van der Waals surface area (Å²) in [5.41, 5.74) is 1.72. The zero-order valence-electron chi connectivity index (χ0n) is 10.2. The molecule has 0 aliphatic heterocycles. The Morgan fingerprint density at radius 3 is 2.94 bits per heavy atom. The topological polar surface area (TPSA) is 54.4 Å². The number of carbonyl (C=O) groups excluding carboxylic acids is 1. The summed E-state index contributed by atoms with van der Waals surface area (Å²) < 4.78 is 0. The van der Waals surface area contributed by atoms with Crippen LogP contribution >= 0.6 is 0 Å². The Bertz CT molecular complexity index is 410. The summed E-state index contributed by atoms with van der Waals surface area (Å²) in [6, 6.07) is 5.69. The lowest BCUT2D eigenvalue weighted by molar-refractivity contribution is -0.112. The quantitative estimate of drug-likeness (QED) is 0.459. The first-order valence-corrected chi connectivity index (χ1v) is 5.52. The Labute approximate surface area is 101 Å². The molecule has 0 amide bonds. The van der Waals surface area contributed by atoms with Gasteiger partial charge in [0, 0.05) is 24.7 Å². The van der Waals surface area contributed by atoms with Crippen molar-refractivity contribution in [1.29, 1.82) is 0 Å². The maximum atomic E-state index is 10.8. The normalized spacial score (nSPS) is 11.8. The van der Waals surface area contributed by atoms with Gasteiger partial charge >= 0.3 is 0 Å². The molecule has 1 aromatic rings. The fraction of sp³-hybridized carbons (Fsp3) is 0.308. The van der Waals surface area contributed by atoms with Crippen molar-refractivity contribution in [2.45, 2.75) is 13.8 Å². The van der Waals surface area contributed by atoms with Crippen LogP contribution in [-0.4, -0.2) is 30.1 Å². The third-order valence-corrected chi connectivity index (χ3v) is 1.98. The largest absolute Gasteiger partial charge is 0.387 e. The fourth-order valence-corrected chi connectivity index (χ4v) is 1.28. The van der Waals surface area contributed by atoms with Gasteiger partial charge in [-0.1, -0.05) is 6.07 Å². The molecule has 1 N–H and O–H groups in total. The molecule has 1 aromatic heterocycles. The maximum Gasteiger partial charge on any atom is 0.154 e. The molecular formula is C13H17N3O. The van der Waals surface area contributed by atoms with Gasteiger partial charge in [-0.25, -0.2) is 0 Å². The van der Waals surface area contributed by atoms with Gasteiger partial charge in [-0.05, 0) is 32.1 Å². The summed E-state index contributed by atoms with van der Waals surface area (Å²) >= 11 is 0. The standard InChI is InChI=1S/C13H17N3O/c1-11(9-12(2)17)15-8-7-14-10-13-5-3-4-6-16-13/h3-6,9-10,15H,7-8H2,1-2H3. The number of nitrogens with zero attached hydrogens (tertiary/aromatic N) is 2. The highest BCUT2D eigenvalue weighted by atomic mass is 16.1. The zero-order chi connectivity index (χ0) is 12.5. The van der Waals surface area contributed by atoms with Crippen LogP contribution in [0.2, 0.25) is 0 Å². The van der Waals surface area contributed by atoms with E-state index >= 15 is 0 Å². The third kappa shape index (κ3) is 6.25. The molecule has 0 bridgehead atoms.